The number of aromatic nitrogens is 1. The van der Waals surface area contributed by atoms with Crippen LogP contribution in [0.5, 0.6) is 0 Å². The van der Waals surface area contributed by atoms with Gasteiger partial charge in [0.25, 0.3) is 0 Å². The van der Waals surface area contributed by atoms with E-state index >= 15 is 0 Å². The van der Waals surface area contributed by atoms with Gasteiger partial charge in [0.05, 0.1) is 29.3 Å². The van der Waals surface area contributed by atoms with Gasteiger partial charge in [0.2, 0.25) is 11.8 Å². The predicted molar refractivity (Wildman–Crippen MR) is 136 cm³/mol. The van der Waals surface area contributed by atoms with E-state index < -0.39 is 35.3 Å². The van der Waals surface area contributed by atoms with Crippen LogP contribution in [0.1, 0.15) is 75.2 Å². The molecule has 0 spiro atoms. The van der Waals surface area contributed by atoms with E-state index in [0.717, 1.165) is 43.2 Å². The van der Waals surface area contributed by atoms with E-state index in [1.165, 1.54) is 4.90 Å². The Labute approximate surface area is 212 Å². The van der Waals surface area contributed by atoms with Crippen molar-refractivity contribution in [2.45, 2.75) is 76.8 Å². The molecule has 3 heterocycles. The number of nitrogens with one attached hydrogen (secondary N) is 1. The van der Waals surface area contributed by atoms with Gasteiger partial charge >= 0.3 is 5.97 Å². The third-order valence-corrected chi connectivity index (χ3v) is 8.57. The zero-order valence-electron chi connectivity index (χ0n) is 21.1. The smallest absolute Gasteiger partial charge is 0.324 e. The number of aliphatic carboxylic acids is 1. The van der Waals surface area contributed by atoms with Gasteiger partial charge in [-0.25, -0.2) is 4.90 Å². The van der Waals surface area contributed by atoms with Crippen molar-refractivity contribution in [3.63, 3.8) is 0 Å². The summed E-state index contributed by atoms with van der Waals surface area (Å²) in [4.78, 5) is 47.3. The summed E-state index contributed by atoms with van der Waals surface area (Å²) < 4.78 is 0. The molecule has 190 valence electrons. The SMILES string of the molecule is CCc1cccc(CC)c1N1C(=O)C2C(c3ccccn3)NC(CC3CCCCC3)(C(=O)O)C2C1=O. The number of fused-ring (bicyclic) bond motifs is 1. The van der Waals surface area contributed by atoms with E-state index in [0.29, 0.717) is 30.6 Å². The quantitative estimate of drug-likeness (QED) is 0.558. The number of carboxylic acids is 1. The fraction of sp³-hybridized carbons (Fsp3) is 0.517. The highest BCUT2D eigenvalue weighted by Crippen LogP contribution is 2.53. The molecule has 2 saturated heterocycles. The first kappa shape index (κ1) is 24.6. The number of anilines is 1. The maximum Gasteiger partial charge on any atom is 0.324 e. The summed E-state index contributed by atoms with van der Waals surface area (Å²) in [5, 5.41) is 14.0. The summed E-state index contributed by atoms with van der Waals surface area (Å²) >= 11 is 0. The van der Waals surface area contributed by atoms with Gasteiger partial charge in [-0.1, -0.05) is 70.2 Å². The third-order valence-electron chi connectivity index (χ3n) is 8.57. The largest absolute Gasteiger partial charge is 0.480 e. The van der Waals surface area contributed by atoms with Crippen molar-refractivity contribution in [1.29, 1.82) is 0 Å². The van der Waals surface area contributed by atoms with Gasteiger partial charge in [-0.15, -0.1) is 0 Å². The average Bonchev–Trinajstić information content (AvgIpc) is 3.38. The molecule has 36 heavy (non-hydrogen) atoms. The van der Waals surface area contributed by atoms with Crippen molar-refractivity contribution >= 4 is 23.5 Å². The summed E-state index contributed by atoms with van der Waals surface area (Å²) in [6.45, 7) is 4.01. The number of amides is 2. The number of carbonyl (C=O) groups excluding carboxylic acids is 2. The number of hydrogen-bond donors (Lipinski definition) is 2. The Morgan fingerprint density at radius 1 is 1.03 bits per heavy atom. The highest BCUT2D eigenvalue weighted by molar-refractivity contribution is 6.25. The molecule has 2 aliphatic heterocycles. The van der Waals surface area contributed by atoms with Crippen LogP contribution in [-0.2, 0) is 27.2 Å². The molecule has 2 aromatic rings. The number of imide groups is 1. The van der Waals surface area contributed by atoms with Crippen molar-refractivity contribution in [3.05, 3.63) is 59.4 Å². The summed E-state index contributed by atoms with van der Waals surface area (Å²) in [7, 11) is 0. The molecule has 5 rings (SSSR count). The van der Waals surface area contributed by atoms with E-state index in [1.54, 1.807) is 12.3 Å². The van der Waals surface area contributed by atoms with Crippen molar-refractivity contribution in [2.75, 3.05) is 4.90 Å². The Morgan fingerprint density at radius 3 is 2.31 bits per heavy atom. The van der Waals surface area contributed by atoms with Gasteiger partial charge in [-0.2, -0.15) is 0 Å². The number of benzene rings is 1. The summed E-state index contributed by atoms with van der Waals surface area (Å²) in [6.07, 6.45) is 8.53. The highest BCUT2D eigenvalue weighted by atomic mass is 16.4. The zero-order valence-corrected chi connectivity index (χ0v) is 21.1. The number of carboxylic acid groups (broad SMARTS) is 1. The maximum absolute atomic E-state index is 14.3. The number of aryl methyl sites for hydroxylation is 2. The average molecular weight is 490 g/mol. The molecular weight excluding hydrogens is 454 g/mol. The minimum Gasteiger partial charge on any atom is -0.480 e. The van der Waals surface area contributed by atoms with Crippen LogP contribution in [0.3, 0.4) is 0 Å². The number of carbonyl (C=O) groups is 3. The number of hydrogen-bond acceptors (Lipinski definition) is 5. The molecule has 2 amide bonds. The Morgan fingerprint density at radius 2 is 1.72 bits per heavy atom. The zero-order chi connectivity index (χ0) is 25.4. The first-order valence-corrected chi connectivity index (χ1v) is 13.3. The normalized spacial score (nSPS) is 28.5. The molecule has 1 saturated carbocycles. The lowest BCUT2D eigenvalue weighted by Crippen LogP contribution is -2.57. The monoisotopic (exact) mass is 489 g/mol. The fourth-order valence-corrected chi connectivity index (χ4v) is 6.86. The van der Waals surface area contributed by atoms with E-state index in [1.807, 2.05) is 44.2 Å². The third kappa shape index (κ3) is 3.84. The van der Waals surface area contributed by atoms with Gasteiger partial charge < -0.3 is 5.11 Å². The minimum absolute atomic E-state index is 0.205. The first-order valence-electron chi connectivity index (χ1n) is 13.3. The molecule has 7 nitrogen and oxygen atoms in total. The molecule has 4 atom stereocenters. The van der Waals surface area contributed by atoms with Crippen LogP contribution in [0.15, 0.2) is 42.6 Å². The molecule has 3 aliphatic rings. The highest BCUT2D eigenvalue weighted by Gasteiger charge is 2.69. The molecule has 1 aromatic heterocycles. The van der Waals surface area contributed by atoms with Crippen LogP contribution in [0.2, 0.25) is 0 Å². The molecule has 1 aliphatic carbocycles. The van der Waals surface area contributed by atoms with E-state index in [4.69, 9.17) is 0 Å². The minimum atomic E-state index is -1.51. The lowest BCUT2D eigenvalue weighted by Gasteiger charge is -2.35. The van der Waals surface area contributed by atoms with Crippen LogP contribution in [0.4, 0.5) is 5.69 Å². The molecule has 7 heteroatoms. The van der Waals surface area contributed by atoms with Crippen LogP contribution in [0.25, 0.3) is 0 Å². The van der Waals surface area contributed by atoms with Crippen molar-refractivity contribution in [2.24, 2.45) is 17.8 Å². The Hall–Kier alpha value is -3.06. The number of rotatable bonds is 7. The van der Waals surface area contributed by atoms with Crippen LogP contribution in [-0.4, -0.2) is 33.4 Å². The van der Waals surface area contributed by atoms with E-state index in [9.17, 15) is 19.5 Å². The molecule has 0 radical (unpaired) electrons. The molecule has 0 bridgehead atoms. The lowest BCUT2D eigenvalue weighted by atomic mass is 9.72. The predicted octanol–water partition coefficient (Wildman–Crippen LogP) is 4.45. The fourth-order valence-electron chi connectivity index (χ4n) is 6.86. The topological polar surface area (TPSA) is 99.6 Å². The van der Waals surface area contributed by atoms with E-state index in [-0.39, 0.29) is 11.8 Å². The van der Waals surface area contributed by atoms with Crippen molar-refractivity contribution in [1.82, 2.24) is 10.3 Å². The number of para-hydroxylation sites is 1. The van der Waals surface area contributed by atoms with Crippen LogP contribution >= 0.6 is 0 Å². The first-order chi connectivity index (χ1) is 17.4. The molecule has 4 unspecified atom stereocenters. The summed E-state index contributed by atoms with van der Waals surface area (Å²) in [5.74, 6) is -3.37. The second-order valence-electron chi connectivity index (χ2n) is 10.5. The van der Waals surface area contributed by atoms with Gasteiger partial charge in [0.15, 0.2) is 0 Å². The number of pyridine rings is 1. The maximum atomic E-state index is 14.3. The molecule has 1 aromatic carbocycles. The molecule has 3 fully saturated rings. The Bertz CT molecular complexity index is 1140. The standard InChI is InChI=1S/C29H35N3O4/c1-3-19-13-10-14-20(4-2)25(19)32-26(33)22-23(27(32)34)29(28(35)36,17-18-11-6-5-7-12-18)31-24(22)21-15-8-9-16-30-21/h8-10,13-16,18,22-24,31H,3-7,11-12,17H2,1-2H3,(H,35,36). The van der Waals surface area contributed by atoms with Crippen molar-refractivity contribution in [3.8, 4) is 0 Å². The van der Waals surface area contributed by atoms with Crippen molar-refractivity contribution < 1.29 is 19.5 Å². The molecular formula is C29H35N3O4. The lowest BCUT2D eigenvalue weighted by molar-refractivity contribution is -0.150. The number of nitrogens with zero attached hydrogens (tertiary/aromatic N) is 2. The van der Waals surface area contributed by atoms with Gasteiger partial charge in [0.1, 0.15) is 5.54 Å². The van der Waals surface area contributed by atoms with Gasteiger partial charge in [0, 0.05) is 6.20 Å². The summed E-state index contributed by atoms with van der Waals surface area (Å²) in [5.41, 5.74) is 1.58. The van der Waals surface area contributed by atoms with Crippen LogP contribution < -0.4 is 10.2 Å². The molecule has 2 N–H and O–H groups in total. The van der Waals surface area contributed by atoms with E-state index in [2.05, 4.69) is 10.3 Å². The van der Waals surface area contributed by atoms with Gasteiger partial charge in [-0.05, 0) is 48.4 Å². The summed E-state index contributed by atoms with van der Waals surface area (Å²) in [6, 6.07) is 10.6. The van der Waals surface area contributed by atoms with Crippen LogP contribution in [0, 0.1) is 17.8 Å². The van der Waals surface area contributed by atoms with Gasteiger partial charge in [-0.3, -0.25) is 24.7 Å². The Kier molecular flexibility index (Phi) is 6.68. The Balaban J connectivity index is 1.65. The second-order valence-corrected chi connectivity index (χ2v) is 10.5. The second kappa shape index (κ2) is 9.77.